The number of ketones is 1. The Kier molecular flexibility index (Phi) is 11.7. The molecule has 1 aliphatic rings. The van der Waals surface area contributed by atoms with Crippen LogP contribution >= 0.6 is 48.8 Å². The Balaban J connectivity index is 0.00000187. The van der Waals surface area contributed by atoms with Gasteiger partial charge in [0.25, 0.3) is 0 Å². The van der Waals surface area contributed by atoms with Crippen molar-refractivity contribution in [3.63, 3.8) is 0 Å². The van der Waals surface area contributed by atoms with Crippen molar-refractivity contribution in [1.29, 1.82) is 0 Å². The molecule has 0 saturated carbocycles. The van der Waals surface area contributed by atoms with E-state index in [-0.39, 0.29) is 60.5 Å². The van der Waals surface area contributed by atoms with E-state index < -0.39 is 11.6 Å². The number of aromatic nitrogens is 3. The van der Waals surface area contributed by atoms with Crippen molar-refractivity contribution < 1.29 is 14.3 Å². The van der Waals surface area contributed by atoms with Crippen LogP contribution in [0.25, 0.3) is 22.3 Å². The maximum atomic E-state index is 14.2. The second-order valence-electron chi connectivity index (χ2n) is 9.05. The van der Waals surface area contributed by atoms with Crippen LogP contribution in [0.1, 0.15) is 36.5 Å². The molecule has 0 spiro atoms. The van der Waals surface area contributed by atoms with Gasteiger partial charge < -0.3 is 21.1 Å². The van der Waals surface area contributed by atoms with E-state index in [2.05, 4.69) is 20.2 Å². The number of hydrogen-bond acceptors (Lipinski definition) is 8. The van der Waals surface area contributed by atoms with E-state index in [0.717, 1.165) is 37.8 Å². The SMILES string of the molecule is CCC(=O)c1cnc2ccc(-c3cc(F)c(O)c(Cl)c3)nc2c1Nc1ccc(N2CCCC(N)C2)nc1.Cl.Cl.Cl. The van der Waals surface area contributed by atoms with Gasteiger partial charge in [0.15, 0.2) is 17.3 Å². The van der Waals surface area contributed by atoms with Crippen LogP contribution in [-0.4, -0.2) is 45.0 Å². The molecule has 8 nitrogen and oxygen atoms in total. The second-order valence-corrected chi connectivity index (χ2v) is 9.46. The van der Waals surface area contributed by atoms with Gasteiger partial charge in [0.2, 0.25) is 0 Å². The summed E-state index contributed by atoms with van der Waals surface area (Å²) in [6, 6.07) is 9.97. The highest BCUT2D eigenvalue weighted by Crippen LogP contribution is 2.34. The molecule has 40 heavy (non-hydrogen) atoms. The molecule has 1 unspecified atom stereocenters. The van der Waals surface area contributed by atoms with Crippen molar-refractivity contribution in [2.75, 3.05) is 23.3 Å². The van der Waals surface area contributed by atoms with Gasteiger partial charge in [-0.2, -0.15) is 0 Å². The Bertz CT molecular complexity index is 1470. The van der Waals surface area contributed by atoms with E-state index in [1.807, 2.05) is 12.1 Å². The zero-order valence-corrected chi connectivity index (χ0v) is 24.6. The highest BCUT2D eigenvalue weighted by atomic mass is 35.5. The molecule has 0 bridgehead atoms. The summed E-state index contributed by atoms with van der Waals surface area (Å²) in [6.45, 7) is 3.45. The molecule has 1 aromatic carbocycles. The number of nitrogens with one attached hydrogen (secondary N) is 1. The summed E-state index contributed by atoms with van der Waals surface area (Å²) in [5, 5.41) is 12.9. The standard InChI is InChI=1S/C27H26ClFN6O2.3ClH/c1-2-23(36)18-13-31-22-7-6-21(15-10-19(28)27(37)20(29)11-15)34-26(22)25(18)33-17-5-8-24(32-12-17)35-9-3-4-16(30)14-35;;;/h5-8,10-13,16,37H,2-4,9,14,30H2,1H3,(H,31,33);3*1H. The highest BCUT2D eigenvalue weighted by molar-refractivity contribution is 6.32. The molecule has 1 aliphatic heterocycles. The van der Waals surface area contributed by atoms with Gasteiger partial charge >= 0.3 is 0 Å². The fraction of sp³-hybridized carbons (Fsp3) is 0.259. The molecule has 0 aliphatic carbocycles. The molecule has 1 saturated heterocycles. The van der Waals surface area contributed by atoms with Crippen LogP contribution < -0.4 is 16.0 Å². The maximum Gasteiger partial charge on any atom is 0.170 e. The van der Waals surface area contributed by atoms with Gasteiger partial charge in [0.1, 0.15) is 11.3 Å². The Morgan fingerprint density at radius 2 is 1.95 bits per heavy atom. The van der Waals surface area contributed by atoms with Crippen LogP contribution in [-0.2, 0) is 0 Å². The molecule has 0 amide bonds. The van der Waals surface area contributed by atoms with Crippen molar-refractivity contribution in [2.24, 2.45) is 5.73 Å². The number of carbonyl (C=O) groups is 1. The topological polar surface area (TPSA) is 117 Å². The van der Waals surface area contributed by atoms with Crippen LogP contribution in [0.2, 0.25) is 5.02 Å². The van der Waals surface area contributed by atoms with Gasteiger partial charge in [0.05, 0.1) is 39.4 Å². The molecule has 13 heteroatoms. The lowest BCUT2D eigenvalue weighted by Crippen LogP contribution is -2.43. The van der Waals surface area contributed by atoms with Crippen LogP contribution in [0.3, 0.4) is 0 Å². The number of halogens is 5. The minimum absolute atomic E-state index is 0. The number of nitrogens with two attached hydrogens (primary N) is 1. The lowest BCUT2D eigenvalue weighted by molar-refractivity contribution is 0.0988. The Morgan fingerprint density at radius 3 is 2.60 bits per heavy atom. The van der Waals surface area contributed by atoms with Gasteiger partial charge in [0, 0.05) is 37.3 Å². The average molecular weight is 630 g/mol. The number of rotatable bonds is 6. The van der Waals surface area contributed by atoms with Crippen LogP contribution in [0, 0.1) is 5.82 Å². The summed E-state index contributed by atoms with van der Waals surface area (Å²) >= 11 is 5.98. The van der Waals surface area contributed by atoms with Crippen molar-refractivity contribution in [3.05, 3.63) is 65.2 Å². The molecular formula is C27H29Cl4FN6O2. The van der Waals surface area contributed by atoms with Crippen molar-refractivity contribution in [2.45, 2.75) is 32.2 Å². The van der Waals surface area contributed by atoms with E-state index in [0.29, 0.717) is 39.2 Å². The summed E-state index contributed by atoms with van der Waals surface area (Å²) in [5.41, 5.74) is 9.45. The van der Waals surface area contributed by atoms with Crippen LogP contribution in [0.15, 0.2) is 48.8 Å². The van der Waals surface area contributed by atoms with E-state index in [4.69, 9.17) is 22.3 Å². The zero-order chi connectivity index (χ0) is 26.1. The van der Waals surface area contributed by atoms with Crippen molar-refractivity contribution in [1.82, 2.24) is 15.0 Å². The summed E-state index contributed by atoms with van der Waals surface area (Å²) in [5.74, 6) is -0.725. The third-order valence-electron chi connectivity index (χ3n) is 6.45. The lowest BCUT2D eigenvalue weighted by Gasteiger charge is -2.31. The molecule has 1 atom stereocenters. The van der Waals surface area contributed by atoms with E-state index in [1.165, 1.54) is 12.3 Å². The molecule has 1 fully saturated rings. The molecule has 214 valence electrons. The van der Waals surface area contributed by atoms with Crippen LogP contribution in [0.5, 0.6) is 5.75 Å². The number of piperidine rings is 1. The number of hydrogen-bond donors (Lipinski definition) is 3. The third-order valence-corrected chi connectivity index (χ3v) is 6.73. The number of benzene rings is 1. The predicted molar refractivity (Wildman–Crippen MR) is 165 cm³/mol. The first-order valence-electron chi connectivity index (χ1n) is 12.1. The van der Waals surface area contributed by atoms with E-state index in [9.17, 15) is 14.3 Å². The normalized spacial score (nSPS) is 14.5. The minimum Gasteiger partial charge on any atom is -0.504 e. The third kappa shape index (κ3) is 6.85. The fourth-order valence-electron chi connectivity index (χ4n) is 4.48. The monoisotopic (exact) mass is 628 g/mol. The van der Waals surface area contributed by atoms with Gasteiger partial charge in [-0.3, -0.25) is 9.78 Å². The molecule has 0 radical (unpaired) electrons. The average Bonchev–Trinajstić information content (AvgIpc) is 2.91. The first-order valence-corrected chi connectivity index (χ1v) is 12.5. The van der Waals surface area contributed by atoms with Gasteiger partial charge in [-0.15, -0.1) is 37.2 Å². The number of aromatic hydroxyl groups is 1. The van der Waals surface area contributed by atoms with Crippen molar-refractivity contribution >= 4 is 82.8 Å². The fourth-order valence-corrected chi connectivity index (χ4v) is 4.69. The summed E-state index contributed by atoms with van der Waals surface area (Å²) in [6.07, 6.45) is 5.56. The lowest BCUT2D eigenvalue weighted by atomic mass is 10.1. The molecule has 4 aromatic rings. The number of Topliss-reactive ketones (excluding diaryl/α,β-unsaturated/α-hetero) is 1. The Labute approximate surface area is 254 Å². The van der Waals surface area contributed by atoms with E-state index in [1.54, 1.807) is 25.3 Å². The summed E-state index contributed by atoms with van der Waals surface area (Å²) < 4.78 is 14.2. The number of phenolic OH excluding ortho intramolecular Hbond substituents is 1. The second kappa shape index (κ2) is 14.1. The predicted octanol–water partition coefficient (Wildman–Crippen LogP) is 6.72. The Hall–Kier alpha value is -2.95. The molecule has 4 heterocycles. The number of nitrogens with zero attached hydrogens (tertiary/aromatic N) is 4. The first kappa shape index (κ1) is 33.3. The quantitative estimate of drug-likeness (QED) is 0.201. The van der Waals surface area contributed by atoms with E-state index >= 15 is 0 Å². The number of pyridine rings is 3. The molecule has 5 rings (SSSR count). The van der Waals surface area contributed by atoms with Crippen LogP contribution in [0.4, 0.5) is 21.6 Å². The largest absolute Gasteiger partial charge is 0.504 e. The number of carbonyl (C=O) groups excluding carboxylic acids is 1. The molecule has 4 N–H and O–H groups in total. The molecular weight excluding hydrogens is 601 g/mol. The van der Waals surface area contributed by atoms with Gasteiger partial charge in [-0.05, 0) is 49.2 Å². The zero-order valence-electron chi connectivity index (χ0n) is 21.4. The Morgan fingerprint density at radius 1 is 1.18 bits per heavy atom. The molecule has 3 aromatic heterocycles. The van der Waals surface area contributed by atoms with Gasteiger partial charge in [-0.1, -0.05) is 18.5 Å². The smallest absolute Gasteiger partial charge is 0.170 e. The maximum absolute atomic E-state index is 14.2. The first-order chi connectivity index (χ1) is 17.8. The summed E-state index contributed by atoms with van der Waals surface area (Å²) in [4.78, 5) is 28.7. The number of fused-ring (bicyclic) bond motifs is 1. The minimum atomic E-state index is -0.850. The number of phenols is 1. The van der Waals surface area contributed by atoms with Gasteiger partial charge in [-0.25, -0.2) is 14.4 Å². The number of anilines is 3. The summed E-state index contributed by atoms with van der Waals surface area (Å²) in [7, 11) is 0. The van der Waals surface area contributed by atoms with Crippen molar-refractivity contribution in [3.8, 4) is 17.0 Å². The highest BCUT2D eigenvalue weighted by Gasteiger charge is 2.20.